The Hall–Kier alpha value is -1.97. The Morgan fingerprint density at radius 2 is 1.88 bits per heavy atom. The van der Waals surface area contributed by atoms with Crippen molar-refractivity contribution in [3.63, 3.8) is 0 Å². The molecule has 0 bridgehead atoms. The van der Waals surface area contributed by atoms with Crippen molar-refractivity contribution in [2.45, 2.75) is 13.3 Å². The molecule has 0 aliphatic heterocycles. The lowest BCUT2D eigenvalue weighted by Gasteiger charge is -2.11. The number of hydrogen-bond acceptors (Lipinski definition) is 2. The molecular formula is C20H15BrClNO. The molecule has 24 heavy (non-hydrogen) atoms. The number of nitrogens with zero attached hydrogens (tertiary/aromatic N) is 1. The van der Waals surface area contributed by atoms with Gasteiger partial charge in [0.25, 0.3) is 0 Å². The smallest absolute Gasteiger partial charge is 0.187 e. The summed E-state index contributed by atoms with van der Waals surface area (Å²) < 4.78 is 0.756. The van der Waals surface area contributed by atoms with Gasteiger partial charge >= 0.3 is 0 Å². The van der Waals surface area contributed by atoms with E-state index in [-0.39, 0.29) is 12.2 Å². The summed E-state index contributed by atoms with van der Waals surface area (Å²) in [5, 5.41) is 0.367. The van der Waals surface area contributed by atoms with E-state index in [1.54, 1.807) is 12.3 Å². The number of ketones is 1. The highest BCUT2D eigenvalue weighted by molar-refractivity contribution is 9.10. The Bertz CT molecular complexity index is 893. The molecule has 0 spiro atoms. The molecule has 4 heteroatoms. The number of Topliss-reactive ketones (excluding diaryl/α,β-unsaturated/α-hetero) is 1. The second-order valence-corrected chi connectivity index (χ2v) is 6.86. The first kappa shape index (κ1) is 16.9. The molecule has 0 unspecified atom stereocenters. The maximum absolute atomic E-state index is 12.6. The number of carbonyl (C=O) groups is 1. The van der Waals surface area contributed by atoms with Gasteiger partial charge in [0.2, 0.25) is 0 Å². The quantitative estimate of drug-likeness (QED) is 0.510. The number of aromatic nitrogens is 1. The Kier molecular flexibility index (Phi) is 5.12. The molecule has 0 saturated carbocycles. The Balaban J connectivity index is 1.92. The van der Waals surface area contributed by atoms with Crippen LogP contribution in [0, 0.1) is 6.92 Å². The van der Waals surface area contributed by atoms with Gasteiger partial charge in [-0.1, -0.05) is 60.1 Å². The van der Waals surface area contributed by atoms with E-state index >= 15 is 0 Å². The lowest BCUT2D eigenvalue weighted by molar-refractivity contribution is 0.0988. The van der Waals surface area contributed by atoms with E-state index < -0.39 is 0 Å². The highest BCUT2D eigenvalue weighted by Gasteiger charge is 2.15. The highest BCUT2D eigenvalue weighted by atomic mass is 79.9. The van der Waals surface area contributed by atoms with Crippen molar-refractivity contribution in [1.82, 2.24) is 4.98 Å². The zero-order chi connectivity index (χ0) is 17.1. The standard InChI is InChI=1S/C20H15BrClNO/c1-13-15(8-5-9-17(13)14-6-3-2-4-7-14)10-19(24)20-18(22)11-16(21)12-23-20/h2-9,11-12H,10H2,1H3. The van der Waals surface area contributed by atoms with E-state index in [0.717, 1.165) is 26.7 Å². The fraction of sp³-hybridized carbons (Fsp3) is 0.100. The van der Waals surface area contributed by atoms with Crippen molar-refractivity contribution in [1.29, 1.82) is 0 Å². The predicted molar refractivity (Wildman–Crippen MR) is 102 cm³/mol. The molecule has 3 aromatic rings. The first-order valence-corrected chi connectivity index (χ1v) is 8.71. The maximum atomic E-state index is 12.6. The molecular weight excluding hydrogens is 386 g/mol. The van der Waals surface area contributed by atoms with Crippen molar-refractivity contribution in [3.05, 3.63) is 87.1 Å². The van der Waals surface area contributed by atoms with Gasteiger partial charge in [-0.2, -0.15) is 0 Å². The lowest BCUT2D eigenvalue weighted by Crippen LogP contribution is -2.08. The largest absolute Gasteiger partial charge is 0.292 e. The number of benzene rings is 2. The van der Waals surface area contributed by atoms with Crippen LogP contribution in [0.25, 0.3) is 11.1 Å². The molecule has 0 amide bonds. The summed E-state index contributed by atoms with van der Waals surface area (Å²) in [7, 11) is 0. The molecule has 0 N–H and O–H groups in total. The molecule has 0 aliphatic rings. The minimum atomic E-state index is -0.0826. The molecule has 2 nitrogen and oxygen atoms in total. The zero-order valence-electron chi connectivity index (χ0n) is 13.1. The van der Waals surface area contributed by atoms with Crippen LogP contribution in [0.3, 0.4) is 0 Å². The summed E-state index contributed by atoms with van der Waals surface area (Å²) in [6, 6.07) is 17.9. The van der Waals surface area contributed by atoms with Crippen molar-refractivity contribution < 1.29 is 4.79 Å². The average Bonchev–Trinajstić information content (AvgIpc) is 2.57. The summed E-state index contributed by atoms with van der Waals surface area (Å²) in [4.78, 5) is 16.7. The summed E-state index contributed by atoms with van der Waals surface area (Å²) >= 11 is 9.45. The normalized spacial score (nSPS) is 10.6. The zero-order valence-corrected chi connectivity index (χ0v) is 15.4. The van der Waals surface area contributed by atoms with Gasteiger partial charge in [-0.15, -0.1) is 0 Å². The first-order valence-electron chi connectivity index (χ1n) is 7.54. The first-order chi connectivity index (χ1) is 11.6. The monoisotopic (exact) mass is 399 g/mol. The van der Waals surface area contributed by atoms with Crippen LogP contribution < -0.4 is 0 Å². The fourth-order valence-electron chi connectivity index (χ4n) is 2.68. The Morgan fingerprint density at radius 3 is 2.58 bits per heavy atom. The van der Waals surface area contributed by atoms with Gasteiger partial charge in [0.05, 0.1) is 5.02 Å². The van der Waals surface area contributed by atoms with Crippen LogP contribution in [0.4, 0.5) is 0 Å². The molecule has 2 aromatic carbocycles. The Labute approximate surface area is 154 Å². The van der Waals surface area contributed by atoms with Gasteiger partial charge in [-0.3, -0.25) is 9.78 Å². The van der Waals surface area contributed by atoms with Crippen molar-refractivity contribution in [2.75, 3.05) is 0 Å². The molecule has 0 fully saturated rings. The summed E-state index contributed by atoms with van der Waals surface area (Å²) in [6.45, 7) is 2.04. The maximum Gasteiger partial charge on any atom is 0.187 e. The lowest BCUT2D eigenvalue weighted by atomic mass is 9.93. The van der Waals surface area contributed by atoms with Crippen LogP contribution >= 0.6 is 27.5 Å². The Morgan fingerprint density at radius 1 is 1.12 bits per heavy atom. The second-order valence-electron chi connectivity index (χ2n) is 5.54. The molecule has 0 radical (unpaired) electrons. The molecule has 3 rings (SSSR count). The predicted octanol–water partition coefficient (Wildman–Crippen LogP) is 5.90. The van der Waals surface area contributed by atoms with Crippen molar-refractivity contribution >= 4 is 33.3 Å². The van der Waals surface area contributed by atoms with E-state index in [1.807, 2.05) is 37.3 Å². The average molecular weight is 401 g/mol. The molecule has 0 atom stereocenters. The van der Waals surface area contributed by atoms with Crippen molar-refractivity contribution in [3.8, 4) is 11.1 Å². The van der Waals surface area contributed by atoms with E-state index in [9.17, 15) is 4.79 Å². The third kappa shape index (κ3) is 3.58. The minimum absolute atomic E-state index is 0.0826. The summed E-state index contributed by atoms with van der Waals surface area (Å²) in [5.41, 5.74) is 4.68. The van der Waals surface area contributed by atoms with Gasteiger partial charge in [0.1, 0.15) is 5.69 Å². The van der Waals surface area contributed by atoms with Gasteiger partial charge in [-0.05, 0) is 51.2 Å². The number of pyridine rings is 1. The van der Waals surface area contributed by atoms with Crippen LogP contribution in [0.15, 0.2) is 65.3 Å². The van der Waals surface area contributed by atoms with E-state index in [0.29, 0.717) is 10.7 Å². The van der Waals surface area contributed by atoms with Crippen LogP contribution in [-0.2, 0) is 6.42 Å². The number of halogens is 2. The molecule has 1 heterocycles. The fourth-order valence-corrected chi connectivity index (χ4v) is 3.42. The topological polar surface area (TPSA) is 30.0 Å². The van der Waals surface area contributed by atoms with Gasteiger partial charge in [0.15, 0.2) is 5.78 Å². The number of hydrogen-bond donors (Lipinski definition) is 0. The van der Waals surface area contributed by atoms with Crippen molar-refractivity contribution in [2.24, 2.45) is 0 Å². The van der Waals surface area contributed by atoms with Gasteiger partial charge in [-0.25, -0.2) is 0 Å². The number of rotatable bonds is 4. The molecule has 1 aromatic heterocycles. The highest BCUT2D eigenvalue weighted by Crippen LogP contribution is 2.27. The third-order valence-electron chi connectivity index (χ3n) is 3.95. The molecule has 120 valence electrons. The third-order valence-corrected chi connectivity index (χ3v) is 4.68. The second kappa shape index (κ2) is 7.29. The summed E-state index contributed by atoms with van der Waals surface area (Å²) in [6.07, 6.45) is 1.87. The molecule has 0 saturated heterocycles. The number of carbonyl (C=O) groups excluding carboxylic acids is 1. The summed E-state index contributed by atoms with van der Waals surface area (Å²) in [5.74, 6) is -0.0826. The van der Waals surface area contributed by atoms with Crippen LogP contribution in [-0.4, -0.2) is 10.8 Å². The van der Waals surface area contributed by atoms with Crippen LogP contribution in [0.1, 0.15) is 21.6 Å². The van der Waals surface area contributed by atoms with Gasteiger partial charge in [0, 0.05) is 17.1 Å². The van der Waals surface area contributed by atoms with E-state index in [1.165, 1.54) is 0 Å². The SMILES string of the molecule is Cc1c(CC(=O)c2ncc(Br)cc2Cl)cccc1-c1ccccc1. The van der Waals surface area contributed by atoms with E-state index in [2.05, 4.69) is 39.1 Å². The van der Waals surface area contributed by atoms with Crippen LogP contribution in [0.5, 0.6) is 0 Å². The minimum Gasteiger partial charge on any atom is -0.292 e. The molecule has 0 aliphatic carbocycles. The van der Waals surface area contributed by atoms with E-state index in [4.69, 9.17) is 11.6 Å². The van der Waals surface area contributed by atoms with Crippen LogP contribution in [0.2, 0.25) is 5.02 Å². The van der Waals surface area contributed by atoms with Gasteiger partial charge < -0.3 is 0 Å².